The van der Waals surface area contributed by atoms with E-state index < -0.39 is 42.2 Å². The van der Waals surface area contributed by atoms with Crippen molar-refractivity contribution in [3.8, 4) is 0 Å². The van der Waals surface area contributed by atoms with E-state index in [-0.39, 0.29) is 0 Å². The van der Waals surface area contributed by atoms with Crippen molar-refractivity contribution >= 4 is 0 Å². The highest BCUT2D eigenvalue weighted by atomic mass is 19.4. The maximum atomic E-state index is 12.9. The summed E-state index contributed by atoms with van der Waals surface area (Å²) in [7, 11) is 0. The number of alkyl halides is 13. The summed E-state index contributed by atoms with van der Waals surface area (Å²) in [6.07, 6.45) is -17.8. The third-order valence-corrected chi connectivity index (χ3v) is 2.38. The topological polar surface area (TPSA) is 0 Å². The first-order valence-electron chi connectivity index (χ1n) is 4.56. The Hall–Kier alpha value is -0.910. The van der Waals surface area contributed by atoms with E-state index in [1.54, 1.807) is 0 Å². The van der Waals surface area contributed by atoms with Gasteiger partial charge >= 0.3 is 35.8 Å². The summed E-state index contributed by atoms with van der Waals surface area (Å²) in [4.78, 5) is 0. The van der Waals surface area contributed by atoms with Gasteiger partial charge in [0.05, 0.1) is 0 Å². The summed E-state index contributed by atoms with van der Waals surface area (Å²) in [6.45, 7) is 2.00. The Balaban J connectivity index is 6.42. The average molecular weight is 347 g/mol. The van der Waals surface area contributed by atoms with Gasteiger partial charge in [0.1, 0.15) is 0 Å². The zero-order valence-electron chi connectivity index (χ0n) is 9.33. The highest BCUT2D eigenvalue weighted by molar-refractivity contribution is 5.14. The molecule has 0 aliphatic heterocycles. The zero-order chi connectivity index (χ0) is 17.7. The molecular weight excluding hydrogens is 343 g/mol. The van der Waals surface area contributed by atoms with Crippen LogP contribution in [-0.4, -0.2) is 35.8 Å². The van der Waals surface area contributed by atoms with Gasteiger partial charge < -0.3 is 0 Å². The molecule has 0 rings (SSSR count). The van der Waals surface area contributed by atoms with Crippen LogP contribution in [0.3, 0.4) is 0 Å². The van der Waals surface area contributed by atoms with E-state index in [1.807, 2.05) is 6.92 Å². The van der Waals surface area contributed by atoms with Gasteiger partial charge in [0.2, 0.25) is 0 Å². The molecule has 21 heavy (non-hydrogen) atoms. The van der Waals surface area contributed by atoms with Gasteiger partial charge in [-0.05, 0) is 6.92 Å². The molecule has 0 atom stereocenters. The summed E-state index contributed by atoms with van der Waals surface area (Å²) in [5.74, 6) is -21.3. The maximum absolute atomic E-state index is 12.9. The molecule has 0 saturated heterocycles. The molecular formula is C8H4F13. The van der Waals surface area contributed by atoms with E-state index in [0.717, 1.165) is 0 Å². The monoisotopic (exact) mass is 347 g/mol. The lowest BCUT2D eigenvalue weighted by molar-refractivity contribution is -0.444. The van der Waals surface area contributed by atoms with E-state index >= 15 is 0 Å². The Morgan fingerprint density at radius 3 is 1.00 bits per heavy atom. The van der Waals surface area contributed by atoms with Gasteiger partial charge in [-0.25, -0.2) is 4.39 Å². The Morgan fingerprint density at radius 1 is 0.524 bits per heavy atom. The summed E-state index contributed by atoms with van der Waals surface area (Å²) in [6, 6.07) is 0. The van der Waals surface area contributed by atoms with Crippen molar-refractivity contribution in [3.63, 3.8) is 0 Å². The molecule has 0 unspecified atom stereocenters. The highest BCUT2D eigenvalue weighted by Crippen LogP contribution is 2.62. The van der Waals surface area contributed by atoms with E-state index in [1.165, 1.54) is 0 Å². The van der Waals surface area contributed by atoms with Crippen LogP contribution in [0.15, 0.2) is 0 Å². The minimum absolute atomic E-state index is 2.00. The Kier molecular flexibility index (Phi) is 4.59. The highest BCUT2D eigenvalue weighted by Gasteiger charge is 2.93. The number of halogens is 13. The second kappa shape index (κ2) is 4.80. The van der Waals surface area contributed by atoms with E-state index in [4.69, 9.17) is 0 Å². The van der Waals surface area contributed by atoms with Crippen molar-refractivity contribution < 1.29 is 57.1 Å². The van der Waals surface area contributed by atoms with Crippen molar-refractivity contribution in [2.24, 2.45) is 0 Å². The fourth-order valence-electron chi connectivity index (χ4n) is 1.12. The van der Waals surface area contributed by atoms with Gasteiger partial charge in [-0.15, -0.1) is 0 Å². The minimum Gasteiger partial charge on any atom is -0.216 e. The first kappa shape index (κ1) is 20.1. The fourth-order valence-corrected chi connectivity index (χ4v) is 1.12. The van der Waals surface area contributed by atoms with Crippen LogP contribution in [0.2, 0.25) is 0 Å². The number of hydrogen-bond acceptors (Lipinski definition) is 0. The lowest BCUT2D eigenvalue weighted by Gasteiger charge is -2.41. The third-order valence-electron chi connectivity index (χ3n) is 2.38. The van der Waals surface area contributed by atoms with Crippen LogP contribution in [0, 0.1) is 6.92 Å². The van der Waals surface area contributed by atoms with Gasteiger partial charge in [0.15, 0.2) is 0 Å². The van der Waals surface area contributed by atoms with Crippen LogP contribution >= 0.6 is 0 Å². The first-order chi connectivity index (χ1) is 8.81. The smallest absolute Gasteiger partial charge is 0.216 e. The molecule has 0 aliphatic rings. The summed E-state index contributed by atoms with van der Waals surface area (Å²) in [5, 5.41) is 0. The van der Waals surface area contributed by atoms with Crippen LogP contribution < -0.4 is 0 Å². The lowest BCUT2D eigenvalue weighted by Crippen LogP contribution is -2.73. The zero-order valence-corrected chi connectivity index (χ0v) is 9.33. The summed E-state index contributed by atoms with van der Waals surface area (Å²) in [5.41, 5.74) is -7.88. The lowest BCUT2D eigenvalue weighted by atomic mass is 9.87. The van der Waals surface area contributed by atoms with Crippen LogP contribution in [-0.2, 0) is 0 Å². The van der Waals surface area contributed by atoms with Gasteiger partial charge in [-0.2, -0.15) is 52.7 Å². The molecule has 0 aromatic carbocycles. The Morgan fingerprint density at radius 2 is 0.810 bits per heavy atom. The van der Waals surface area contributed by atoms with Crippen molar-refractivity contribution in [1.29, 1.82) is 0 Å². The predicted molar refractivity (Wildman–Crippen MR) is 40.8 cm³/mol. The quantitative estimate of drug-likeness (QED) is 0.632. The molecule has 0 amide bonds. The molecule has 0 aromatic heterocycles. The molecule has 0 fully saturated rings. The van der Waals surface area contributed by atoms with Crippen molar-refractivity contribution in [2.45, 2.75) is 42.2 Å². The Bertz CT molecular complexity index is 359. The van der Waals surface area contributed by atoms with Gasteiger partial charge in [0.25, 0.3) is 0 Å². The second-order valence-corrected chi connectivity index (χ2v) is 3.76. The molecule has 0 aromatic rings. The van der Waals surface area contributed by atoms with E-state index in [2.05, 4.69) is 0 Å². The molecule has 13 heteroatoms. The molecule has 127 valence electrons. The molecule has 0 bridgehead atoms. The number of rotatable bonds is 4. The average Bonchev–Trinajstić information content (AvgIpc) is 2.23. The molecule has 0 saturated carbocycles. The van der Waals surface area contributed by atoms with Crippen molar-refractivity contribution in [3.05, 3.63) is 6.92 Å². The first-order valence-corrected chi connectivity index (χ1v) is 4.56. The minimum atomic E-state index is -7.88. The Labute approximate surface area is 107 Å². The third kappa shape index (κ3) is 2.51. The molecule has 0 N–H and O–H groups in total. The van der Waals surface area contributed by atoms with Gasteiger partial charge in [-0.1, -0.05) is 0 Å². The van der Waals surface area contributed by atoms with Gasteiger partial charge in [-0.3, -0.25) is 0 Å². The van der Waals surface area contributed by atoms with Crippen molar-refractivity contribution in [1.82, 2.24) is 0 Å². The second-order valence-electron chi connectivity index (χ2n) is 3.76. The molecule has 0 nitrogen and oxygen atoms in total. The summed E-state index contributed by atoms with van der Waals surface area (Å²) >= 11 is 0. The predicted octanol–water partition coefficient (Wildman–Crippen LogP) is 4.95. The standard InChI is InChI=1S/C8H4F13/c1-2-3(9,10)5(12,13)6(14,15)4(11,7(16,17)18)8(19,20)21/h1-2H2. The van der Waals surface area contributed by atoms with Crippen molar-refractivity contribution in [2.75, 3.05) is 0 Å². The maximum Gasteiger partial charge on any atom is 0.438 e. The van der Waals surface area contributed by atoms with Crippen LogP contribution in [0.5, 0.6) is 0 Å². The molecule has 1 radical (unpaired) electrons. The molecule has 0 heterocycles. The van der Waals surface area contributed by atoms with Gasteiger partial charge in [0, 0.05) is 6.42 Å². The van der Waals surface area contributed by atoms with E-state index in [0.29, 0.717) is 0 Å². The summed E-state index contributed by atoms with van der Waals surface area (Å²) < 4.78 is 161. The SMILES string of the molecule is [CH2]CC(F)(F)C(F)(F)C(F)(F)C(F)(C(F)(F)F)C(F)(F)F. The number of hydrogen-bond donors (Lipinski definition) is 0. The van der Waals surface area contributed by atoms with Crippen LogP contribution in [0.1, 0.15) is 6.42 Å². The van der Waals surface area contributed by atoms with Crippen LogP contribution in [0.25, 0.3) is 0 Å². The van der Waals surface area contributed by atoms with Crippen LogP contribution in [0.4, 0.5) is 57.1 Å². The van der Waals surface area contributed by atoms with E-state index in [9.17, 15) is 57.1 Å². The molecule has 0 aliphatic carbocycles. The fraction of sp³-hybridized carbons (Fsp3) is 0.875. The largest absolute Gasteiger partial charge is 0.438 e. The molecule has 0 spiro atoms. The normalized spacial score (nSPS) is 16.3.